The Morgan fingerprint density at radius 2 is 2.05 bits per heavy atom. The highest BCUT2D eigenvalue weighted by molar-refractivity contribution is 6.31. The summed E-state index contributed by atoms with van der Waals surface area (Å²) in [6.07, 6.45) is 6.06. The monoisotopic (exact) mass is 546 g/mol. The molecule has 2 heterocycles. The predicted molar refractivity (Wildman–Crippen MR) is 153 cm³/mol. The van der Waals surface area contributed by atoms with Crippen LogP contribution in [0.15, 0.2) is 90.5 Å². The number of fused-ring (bicyclic) bond motifs is 1. The van der Waals surface area contributed by atoms with Crippen molar-refractivity contribution in [1.82, 2.24) is 9.78 Å². The standard InChI is InChI=1S/C30H31ClN4O4/c1-4-26(31)20(2)21(3)38-14-7-12-28(36)35-13-15-39-29-25(10-6-11-27(29)35)24-17-33-34(19-24)18-22-8-5-9-23(16-22)30(32)37/h4-6,8-11,16-17,19H,1,3,7,12-15,18H2,2H3,(H2,32,37)/b26-20+. The van der Waals surface area contributed by atoms with Gasteiger partial charge in [0.15, 0.2) is 5.75 Å². The van der Waals surface area contributed by atoms with Gasteiger partial charge in [0.05, 0.1) is 31.6 Å². The molecule has 0 saturated heterocycles. The van der Waals surface area contributed by atoms with Gasteiger partial charge in [-0.3, -0.25) is 14.3 Å². The third-order valence-electron chi connectivity index (χ3n) is 6.41. The van der Waals surface area contributed by atoms with Gasteiger partial charge in [0.1, 0.15) is 12.4 Å². The molecule has 0 fully saturated rings. The number of nitrogens with zero attached hydrogens (tertiary/aromatic N) is 3. The van der Waals surface area contributed by atoms with Crippen LogP contribution in [0, 0.1) is 0 Å². The first-order chi connectivity index (χ1) is 18.8. The number of amides is 2. The second-order valence-electron chi connectivity index (χ2n) is 9.09. The summed E-state index contributed by atoms with van der Waals surface area (Å²) >= 11 is 6.06. The van der Waals surface area contributed by atoms with Gasteiger partial charge in [-0.2, -0.15) is 5.10 Å². The Morgan fingerprint density at radius 3 is 2.82 bits per heavy atom. The maximum atomic E-state index is 13.1. The topological polar surface area (TPSA) is 99.7 Å². The van der Waals surface area contributed by atoms with Gasteiger partial charge in [-0.15, -0.1) is 0 Å². The zero-order chi connectivity index (χ0) is 27.9. The summed E-state index contributed by atoms with van der Waals surface area (Å²) in [5.41, 5.74) is 9.92. The molecule has 1 aliphatic heterocycles. The molecule has 1 aliphatic rings. The van der Waals surface area contributed by atoms with E-state index in [1.807, 2.05) is 37.4 Å². The fraction of sp³-hybridized carbons (Fsp3) is 0.233. The van der Waals surface area contributed by atoms with Crippen LogP contribution in [0.3, 0.4) is 0 Å². The van der Waals surface area contributed by atoms with Crippen molar-refractivity contribution in [3.05, 3.63) is 102 Å². The van der Waals surface area contributed by atoms with Crippen molar-refractivity contribution in [1.29, 1.82) is 0 Å². The van der Waals surface area contributed by atoms with E-state index in [1.165, 1.54) is 6.08 Å². The number of aromatic nitrogens is 2. The summed E-state index contributed by atoms with van der Waals surface area (Å²) in [5.74, 6) is 0.642. The summed E-state index contributed by atoms with van der Waals surface area (Å²) in [4.78, 5) is 26.4. The van der Waals surface area contributed by atoms with E-state index in [0.717, 1.165) is 28.0 Å². The molecule has 4 rings (SSSR count). The highest BCUT2D eigenvalue weighted by Crippen LogP contribution is 2.40. The fourth-order valence-corrected chi connectivity index (χ4v) is 4.39. The van der Waals surface area contributed by atoms with Crippen LogP contribution in [0.25, 0.3) is 11.1 Å². The molecule has 0 spiro atoms. The molecule has 39 heavy (non-hydrogen) atoms. The van der Waals surface area contributed by atoms with Crippen LogP contribution in [0.1, 0.15) is 35.7 Å². The number of ether oxygens (including phenoxy) is 2. The van der Waals surface area contributed by atoms with E-state index in [-0.39, 0.29) is 5.91 Å². The molecule has 1 aromatic heterocycles. The fourth-order valence-electron chi connectivity index (χ4n) is 4.28. The average Bonchev–Trinajstić information content (AvgIpc) is 3.41. The normalized spacial score (nSPS) is 13.1. The number of carbonyl (C=O) groups excluding carboxylic acids is 2. The summed E-state index contributed by atoms with van der Waals surface area (Å²) < 4.78 is 13.5. The number of benzene rings is 2. The van der Waals surface area contributed by atoms with Crippen molar-refractivity contribution in [2.75, 3.05) is 24.7 Å². The van der Waals surface area contributed by atoms with Crippen LogP contribution in [0.5, 0.6) is 5.75 Å². The minimum Gasteiger partial charge on any atom is -0.494 e. The Kier molecular flexibility index (Phi) is 8.88. The van der Waals surface area contributed by atoms with Crippen molar-refractivity contribution in [2.24, 2.45) is 5.73 Å². The second-order valence-corrected chi connectivity index (χ2v) is 9.50. The van der Waals surface area contributed by atoms with Crippen LogP contribution in [0.2, 0.25) is 0 Å². The van der Waals surface area contributed by atoms with E-state index in [1.54, 1.807) is 34.0 Å². The van der Waals surface area contributed by atoms with E-state index in [4.69, 9.17) is 26.8 Å². The third-order valence-corrected chi connectivity index (χ3v) is 6.85. The Hall–Kier alpha value is -4.30. The number of primary amides is 1. The molecule has 0 radical (unpaired) electrons. The van der Waals surface area contributed by atoms with Crippen molar-refractivity contribution in [3.63, 3.8) is 0 Å². The minimum atomic E-state index is -0.469. The van der Waals surface area contributed by atoms with Crippen LogP contribution in [-0.2, 0) is 16.1 Å². The quantitative estimate of drug-likeness (QED) is 0.196. The zero-order valence-corrected chi connectivity index (χ0v) is 22.6. The summed E-state index contributed by atoms with van der Waals surface area (Å²) in [6.45, 7) is 11.0. The number of halogens is 1. The Balaban J connectivity index is 1.43. The number of nitrogens with two attached hydrogens (primary N) is 1. The molecule has 8 nitrogen and oxygen atoms in total. The first-order valence-corrected chi connectivity index (χ1v) is 12.9. The molecule has 0 aliphatic carbocycles. The minimum absolute atomic E-state index is 0.00710. The van der Waals surface area contributed by atoms with E-state index in [0.29, 0.717) is 61.2 Å². The lowest BCUT2D eigenvalue weighted by atomic mass is 10.1. The lowest BCUT2D eigenvalue weighted by molar-refractivity contribution is -0.119. The van der Waals surface area contributed by atoms with Crippen molar-refractivity contribution < 1.29 is 19.1 Å². The van der Waals surface area contributed by atoms with E-state index in [9.17, 15) is 9.59 Å². The highest BCUT2D eigenvalue weighted by Gasteiger charge is 2.26. The summed E-state index contributed by atoms with van der Waals surface area (Å²) in [5, 5.41) is 4.97. The number of rotatable bonds is 11. The number of carbonyl (C=O) groups is 2. The number of allylic oxidation sites excluding steroid dienone is 3. The predicted octanol–water partition coefficient (Wildman–Crippen LogP) is 5.43. The van der Waals surface area contributed by atoms with Crippen molar-refractivity contribution >= 4 is 29.1 Å². The molecule has 2 N–H and O–H groups in total. The second kappa shape index (κ2) is 12.5. The molecular formula is C30H31ClN4O4. The lowest BCUT2D eigenvalue weighted by Crippen LogP contribution is -2.38. The van der Waals surface area contributed by atoms with E-state index in [2.05, 4.69) is 18.3 Å². The van der Waals surface area contributed by atoms with Gasteiger partial charge in [-0.1, -0.05) is 55.1 Å². The molecule has 0 atom stereocenters. The van der Waals surface area contributed by atoms with Gasteiger partial charge in [0.2, 0.25) is 11.8 Å². The molecule has 0 unspecified atom stereocenters. The maximum absolute atomic E-state index is 13.1. The van der Waals surface area contributed by atoms with Gasteiger partial charge in [-0.05, 0) is 37.1 Å². The number of para-hydroxylation sites is 1. The number of hydrogen-bond acceptors (Lipinski definition) is 5. The molecule has 3 aromatic rings. The molecular weight excluding hydrogens is 516 g/mol. The highest BCUT2D eigenvalue weighted by atomic mass is 35.5. The SMILES string of the molecule is C=C/C(Cl)=C(/C)C(=C)OCCCC(=O)N1CCOc2c(-c3cnn(Cc4cccc(C(N)=O)c4)c3)cccc21. The molecule has 0 saturated carbocycles. The van der Waals surface area contributed by atoms with Gasteiger partial charge in [0.25, 0.3) is 0 Å². The average molecular weight is 547 g/mol. The van der Waals surface area contributed by atoms with Gasteiger partial charge < -0.3 is 20.1 Å². The lowest BCUT2D eigenvalue weighted by Gasteiger charge is -2.31. The van der Waals surface area contributed by atoms with Crippen molar-refractivity contribution in [2.45, 2.75) is 26.3 Å². The summed E-state index contributed by atoms with van der Waals surface area (Å²) in [6, 6.07) is 12.9. The molecule has 9 heteroatoms. The van der Waals surface area contributed by atoms with E-state index >= 15 is 0 Å². The Labute approximate surface area is 233 Å². The molecule has 0 bridgehead atoms. The van der Waals surface area contributed by atoms with Crippen LogP contribution >= 0.6 is 11.6 Å². The third kappa shape index (κ3) is 6.59. The van der Waals surface area contributed by atoms with Crippen molar-refractivity contribution in [3.8, 4) is 16.9 Å². The molecule has 202 valence electrons. The van der Waals surface area contributed by atoms with Gasteiger partial charge in [0, 0.05) is 39.9 Å². The zero-order valence-electron chi connectivity index (χ0n) is 21.9. The number of anilines is 1. The smallest absolute Gasteiger partial charge is 0.248 e. The van der Waals surface area contributed by atoms with Crippen LogP contribution in [0.4, 0.5) is 5.69 Å². The Morgan fingerprint density at radius 1 is 1.26 bits per heavy atom. The van der Waals surface area contributed by atoms with Crippen LogP contribution in [-0.4, -0.2) is 41.4 Å². The Bertz CT molecular complexity index is 1440. The summed E-state index contributed by atoms with van der Waals surface area (Å²) in [7, 11) is 0. The number of hydrogen-bond donors (Lipinski definition) is 1. The largest absolute Gasteiger partial charge is 0.494 e. The molecule has 2 amide bonds. The first-order valence-electron chi connectivity index (χ1n) is 12.6. The van der Waals surface area contributed by atoms with E-state index < -0.39 is 5.91 Å². The molecule has 2 aromatic carbocycles. The van der Waals surface area contributed by atoms with Gasteiger partial charge >= 0.3 is 0 Å². The van der Waals surface area contributed by atoms with Crippen LogP contribution < -0.4 is 15.4 Å². The first kappa shape index (κ1) is 27.7. The van der Waals surface area contributed by atoms with Gasteiger partial charge in [-0.25, -0.2) is 0 Å². The maximum Gasteiger partial charge on any atom is 0.248 e.